The first-order chi connectivity index (χ1) is 9.88. The Morgan fingerprint density at radius 3 is 0.957 bits per heavy atom. The maximum Gasteiger partial charge on any atom is 0.186 e. The van der Waals surface area contributed by atoms with E-state index in [4.69, 9.17) is 0 Å². The summed E-state index contributed by atoms with van der Waals surface area (Å²) in [6.07, 6.45) is 0.929. The first-order valence-corrected chi connectivity index (χ1v) is 8.91. The molecule has 0 radical (unpaired) electrons. The fraction of sp³-hybridized carbons (Fsp3) is 0.773. The molecule has 0 spiro atoms. The van der Waals surface area contributed by atoms with E-state index in [-0.39, 0.29) is 27.4 Å². The number of rotatable bonds is 0. The van der Waals surface area contributed by atoms with Crippen molar-refractivity contribution in [2.24, 2.45) is 21.7 Å². The van der Waals surface area contributed by atoms with Crippen LogP contribution in [0.5, 0.6) is 0 Å². The van der Waals surface area contributed by atoms with E-state index in [2.05, 4.69) is 83.1 Å². The summed E-state index contributed by atoms with van der Waals surface area (Å²) in [7, 11) is 0. The second-order valence-corrected chi connectivity index (χ2v) is 11.2. The van der Waals surface area contributed by atoms with E-state index in [0.29, 0.717) is 0 Å². The van der Waals surface area contributed by atoms with Crippen LogP contribution in [0.4, 0.5) is 0 Å². The molecular weight excluding hydrogens is 280 g/mol. The summed E-state index contributed by atoms with van der Waals surface area (Å²) in [6.45, 7) is 26.5. The summed E-state index contributed by atoms with van der Waals surface area (Å²) in [5.41, 5.74) is 4.52. The van der Waals surface area contributed by atoms with Gasteiger partial charge in [-0.3, -0.25) is 4.79 Å². The molecule has 0 amide bonds. The van der Waals surface area contributed by atoms with Crippen LogP contribution in [0.25, 0.3) is 0 Å². The molecule has 0 aromatic carbocycles. The zero-order valence-electron chi connectivity index (χ0n) is 17.6. The third-order valence-electron chi connectivity index (χ3n) is 4.72. The van der Waals surface area contributed by atoms with Crippen molar-refractivity contribution in [1.82, 2.24) is 0 Å². The van der Waals surface area contributed by atoms with Gasteiger partial charge in [-0.05, 0) is 28.1 Å². The van der Waals surface area contributed by atoms with Crippen LogP contribution in [0.3, 0.4) is 0 Å². The lowest BCUT2D eigenvalue weighted by Gasteiger charge is -2.43. The third-order valence-corrected chi connectivity index (χ3v) is 4.72. The highest BCUT2D eigenvalue weighted by Crippen LogP contribution is 2.51. The Morgan fingerprint density at radius 1 is 0.522 bits per heavy atom. The van der Waals surface area contributed by atoms with E-state index < -0.39 is 0 Å². The van der Waals surface area contributed by atoms with Gasteiger partial charge in [-0.1, -0.05) is 94.2 Å². The smallest absolute Gasteiger partial charge is 0.186 e. The second kappa shape index (κ2) is 5.60. The van der Waals surface area contributed by atoms with E-state index in [1.807, 2.05) is 0 Å². The molecule has 0 unspecified atom stereocenters. The summed E-state index contributed by atoms with van der Waals surface area (Å²) in [5, 5.41) is 0. The zero-order valence-corrected chi connectivity index (χ0v) is 17.6. The van der Waals surface area contributed by atoms with Crippen LogP contribution in [-0.2, 0) is 4.79 Å². The summed E-state index contributed by atoms with van der Waals surface area (Å²) < 4.78 is 0. The Labute approximate surface area is 144 Å². The third kappa shape index (κ3) is 4.17. The average Bonchev–Trinajstić information content (AvgIpc) is 2.20. The van der Waals surface area contributed by atoms with E-state index in [9.17, 15) is 4.79 Å². The van der Waals surface area contributed by atoms with Gasteiger partial charge >= 0.3 is 0 Å². The van der Waals surface area contributed by atoms with Crippen molar-refractivity contribution in [3.05, 3.63) is 22.3 Å². The molecule has 132 valence electrons. The van der Waals surface area contributed by atoms with Gasteiger partial charge < -0.3 is 0 Å². The maximum atomic E-state index is 13.6. The molecule has 1 rings (SSSR count). The SMILES string of the molecule is CC(C)(C)C1=C(C(C)(C)C)C(=O)C(C(C)(C)C)=C(C(C)(C)C)C1. The van der Waals surface area contributed by atoms with Crippen molar-refractivity contribution in [2.75, 3.05) is 0 Å². The van der Waals surface area contributed by atoms with Crippen LogP contribution < -0.4 is 0 Å². The molecule has 1 nitrogen and oxygen atoms in total. The van der Waals surface area contributed by atoms with Crippen molar-refractivity contribution >= 4 is 5.78 Å². The number of ketones is 1. The Morgan fingerprint density at radius 2 is 0.783 bits per heavy atom. The van der Waals surface area contributed by atoms with E-state index in [1.54, 1.807) is 0 Å². The lowest BCUT2D eigenvalue weighted by molar-refractivity contribution is -0.114. The minimum Gasteiger partial charge on any atom is -0.289 e. The summed E-state index contributed by atoms with van der Waals surface area (Å²) in [6, 6.07) is 0. The molecule has 0 aliphatic heterocycles. The first kappa shape index (κ1) is 20.2. The molecule has 0 bridgehead atoms. The Bertz CT molecular complexity index is 505. The van der Waals surface area contributed by atoms with E-state index in [0.717, 1.165) is 17.6 Å². The van der Waals surface area contributed by atoms with Crippen molar-refractivity contribution in [2.45, 2.75) is 89.5 Å². The van der Waals surface area contributed by atoms with Crippen LogP contribution in [0.1, 0.15) is 89.5 Å². The molecule has 23 heavy (non-hydrogen) atoms. The molecule has 0 aromatic rings. The highest BCUT2D eigenvalue weighted by Gasteiger charge is 2.43. The van der Waals surface area contributed by atoms with Crippen LogP contribution in [0.2, 0.25) is 0 Å². The van der Waals surface area contributed by atoms with Gasteiger partial charge in [0.1, 0.15) is 0 Å². The second-order valence-electron chi connectivity index (χ2n) is 11.2. The van der Waals surface area contributed by atoms with Crippen molar-refractivity contribution < 1.29 is 4.79 Å². The minimum absolute atomic E-state index is 0.0121. The lowest BCUT2D eigenvalue weighted by atomic mass is 9.60. The van der Waals surface area contributed by atoms with Gasteiger partial charge in [0.05, 0.1) is 0 Å². The minimum atomic E-state index is -0.125. The molecule has 0 fully saturated rings. The monoisotopic (exact) mass is 318 g/mol. The normalized spacial score (nSPS) is 18.9. The average molecular weight is 319 g/mol. The molecule has 1 aliphatic carbocycles. The van der Waals surface area contributed by atoms with Gasteiger partial charge in [0.2, 0.25) is 0 Å². The fourth-order valence-corrected chi connectivity index (χ4v) is 3.62. The Hall–Kier alpha value is -0.850. The standard InChI is InChI=1S/C22H38O/c1-19(2,3)14-13-15(20(4,5)6)17(22(10,11)12)18(23)16(14)21(7,8)9/h13H2,1-12H3. The van der Waals surface area contributed by atoms with Gasteiger partial charge in [-0.15, -0.1) is 0 Å². The van der Waals surface area contributed by atoms with Crippen molar-refractivity contribution in [3.63, 3.8) is 0 Å². The summed E-state index contributed by atoms with van der Waals surface area (Å²) in [4.78, 5) is 13.6. The number of hydrogen-bond donors (Lipinski definition) is 0. The van der Waals surface area contributed by atoms with Gasteiger partial charge in [-0.2, -0.15) is 0 Å². The predicted molar refractivity (Wildman–Crippen MR) is 101 cm³/mol. The number of Topliss-reactive ketones (excluding diaryl/α,β-unsaturated/α-hetero) is 1. The molecule has 1 heteroatoms. The van der Waals surface area contributed by atoms with Crippen LogP contribution in [-0.4, -0.2) is 5.78 Å². The highest BCUT2D eigenvalue weighted by atomic mass is 16.1. The van der Waals surface area contributed by atoms with Crippen LogP contribution in [0.15, 0.2) is 22.3 Å². The largest absolute Gasteiger partial charge is 0.289 e. The van der Waals surface area contributed by atoms with E-state index >= 15 is 0 Å². The Kier molecular flexibility index (Phi) is 4.92. The first-order valence-electron chi connectivity index (χ1n) is 8.91. The Balaban J connectivity index is 3.79. The summed E-state index contributed by atoms with van der Waals surface area (Å²) in [5.74, 6) is 0.283. The van der Waals surface area contributed by atoms with E-state index in [1.165, 1.54) is 11.1 Å². The quantitative estimate of drug-likeness (QED) is 0.483. The van der Waals surface area contributed by atoms with Gasteiger partial charge in [0, 0.05) is 11.1 Å². The van der Waals surface area contributed by atoms with Gasteiger partial charge in [-0.25, -0.2) is 0 Å². The zero-order chi connectivity index (χ0) is 18.6. The molecule has 0 aromatic heterocycles. The number of carbonyl (C=O) groups is 1. The molecule has 1 aliphatic rings. The van der Waals surface area contributed by atoms with Gasteiger partial charge in [0.15, 0.2) is 5.78 Å². The van der Waals surface area contributed by atoms with Crippen molar-refractivity contribution in [3.8, 4) is 0 Å². The topological polar surface area (TPSA) is 17.1 Å². The predicted octanol–water partition coefficient (Wildman–Crippen LogP) is 6.74. The van der Waals surface area contributed by atoms with Crippen LogP contribution in [0, 0.1) is 21.7 Å². The molecule has 0 atom stereocenters. The molecule has 0 heterocycles. The number of allylic oxidation sites excluding steroid dienone is 4. The molecule has 0 saturated heterocycles. The highest BCUT2D eigenvalue weighted by molar-refractivity contribution is 6.12. The fourth-order valence-electron chi connectivity index (χ4n) is 3.62. The molecule has 0 N–H and O–H groups in total. The van der Waals surface area contributed by atoms with Gasteiger partial charge in [0.25, 0.3) is 0 Å². The number of hydrogen-bond acceptors (Lipinski definition) is 1. The lowest BCUT2D eigenvalue weighted by Crippen LogP contribution is -2.36. The number of carbonyl (C=O) groups excluding carboxylic acids is 1. The summed E-state index contributed by atoms with van der Waals surface area (Å²) >= 11 is 0. The van der Waals surface area contributed by atoms with Crippen LogP contribution >= 0.6 is 0 Å². The molecular formula is C22H38O. The molecule has 0 saturated carbocycles. The maximum absolute atomic E-state index is 13.6. The van der Waals surface area contributed by atoms with Crippen molar-refractivity contribution in [1.29, 1.82) is 0 Å².